The first-order chi connectivity index (χ1) is 6.45. The van der Waals surface area contributed by atoms with Gasteiger partial charge in [0.05, 0.1) is 0 Å². The van der Waals surface area contributed by atoms with Crippen LogP contribution in [0.25, 0.3) is 0 Å². The Morgan fingerprint density at radius 1 is 1.00 bits per heavy atom. The quantitative estimate of drug-likeness (QED) is 0.518. The van der Waals surface area contributed by atoms with E-state index in [2.05, 4.69) is 22.4 Å². The molecule has 0 saturated carbocycles. The average molecular weight is 269 g/mol. The van der Waals surface area contributed by atoms with E-state index in [1.54, 1.807) is 0 Å². The Hall–Kier alpha value is 0.550. The highest BCUT2D eigenvalue weighted by Gasteiger charge is 2.38. The lowest BCUT2D eigenvalue weighted by molar-refractivity contribution is 0.154. The van der Waals surface area contributed by atoms with E-state index in [0.29, 0.717) is 0 Å². The molecule has 1 atom stereocenters. The molecule has 0 bridgehead atoms. The van der Waals surface area contributed by atoms with E-state index in [1.807, 2.05) is 0 Å². The van der Waals surface area contributed by atoms with Crippen LogP contribution in [-0.4, -0.2) is 27.4 Å². The molecule has 0 radical (unpaired) electrons. The van der Waals surface area contributed by atoms with Gasteiger partial charge in [-0.3, -0.25) is 18.1 Å². The number of alkyl halides is 1. The van der Waals surface area contributed by atoms with Crippen LogP contribution in [0.15, 0.2) is 0 Å². The van der Waals surface area contributed by atoms with Crippen molar-refractivity contribution in [2.75, 3.05) is 27.4 Å². The summed E-state index contributed by atoms with van der Waals surface area (Å²) < 4.78 is 44.8. The molecule has 0 saturated heterocycles. The Bertz CT molecular complexity index is 248. The summed E-state index contributed by atoms with van der Waals surface area (Å²) in [7, 11) is -4.75. The van der Waals surface area contributed by atoms with E-state index in [-0.39, 0.29) is 0 Å². The van der Waals surface area contributed by atoms with Gasteiger partial charge in [0.2, 0.25) is 0 Å². The van der Waals surface area contributed by atoms with Gasteiger partial charge < -0.3 is 0 Å². The summed E-state index contributed by atoms with van der Waals surface area (Å²) in [5.41, 5.74) is 0. The Balaban J connectivity index is 4.59. The van der Waals surface area contributed by atoms with Crippen molar-refractivity contribution < 1.29 is 31.5 Å². The summed E-state index contributed by atoms with van der Waals surface area (Å²) in [6, 6.07) is -0.446. The fraction of sp³-hybridized carbons (Fsp3) is 1.00. The number of rotatable bonds is 7. The standard InChI is InChI=1S/C4H11ClO7P2/c1-8-13(6,9-2)12-14(7,10-3)11-4-5/h4H2,1-3H3. The van der Waals surface area contributed by atoms with Crippen LogP contribution in [0.4, 0.5) is 0 Å². The van der Waals surface area contributed by atoms with Crippen LogP contribution in [0, 0.1) is 0 Å². The predicted octanol–water partition coefficient (Wildman–Crippen LogP) is 2.37. The Kier molecular flexibility index (Phi) is 6.45. The smallest absolute Gasteiger partial charge is 0.290 e. The van der Waals surface area contributed by atoms with Crippen molar-refractivity contribution in [3.8, 4) is 0 Å². The van der Waals surface area contributed by atoms with E-state index in [9.17, 15) is 9.13 Å². The van der Waals surface area contributed by atoms with Crippen molar-refractivity contribution in [3.63, 3.8) is 0 Å². The summed E-state index contributed by atoms with van der Waals surface area (Å²) in [5.74, 6) is 0. The minimum atomic E-state index is -4.00. The zero-order valence-corrected chi connectivity index (χ0v) is 10.4. The first-order valence-corrected chi connectivity index (χ1v) is 6.70. The van der Waals surface area contributed by atoms with E-state index in [4.69, 9.17) is 11.6 Å². The van der Waals surface area contributed by atoms with Crippen LogP contribution in [0.3, 0.4) is 0 Å². The average Bonchev–Trinajstić information content (AvgIpc) is 2.18. The molecule has 0 spiro atoms. The van der Waals surface area contributed by atoms with Crippen LogP contribution < -0.4 is 0 Å². The molecule has 0 aliphatic rings. The van der Waals surface area contributed by atoms with Gasteiger partial charge in [-0.2, -0.15) is 4.31 Å². The second-order valence-corrected chi connectivity index (χ2v) is 5.78. The highest BCUT2D eigenvalue weighted by atomic mass is 35.5. The van der Waals surface area contributed by atoms with E-state index >= 15 is 0 Å². The fourth-order valence-electron chi connectivity index (χ4n) is 0.433. The van der Waals surface area contributed by atoms with Crippen LogP contribution in [0.1, 0.15) is 0 Å². The Morgan fingerprint density at radius 2 is 1.43 bits per heavy atom. The highest BCUT2D eigenvalue weighted by Crippen LogP contribution is 2.64. The Labute approximate surface area is 86.8 Å². The monoisotopic (exact) mass is 268 g/mol. The predicted molar refractivity (Wildman–Crippen MR) is 49.1 cm³/mol. The number of phosphoric ester groups is 2. The van der Waals surface area contributed by atoms with Gasteiger partial charge in [0.25, 0.3) is 0 Å². The van der Waals surface area contributed by atoms with Gasteiger partial charge in [-0.15, -0.1) is 0 Å². The third-order valence-corrected chi connectivity index (χ3v) is 4.73. The molecule has 14 heavy (non-hydrogen) atoms. The molecule has 0 N–H and O–H groups in total. The summed E-state index contributed by atoms with van der Waals surface area (Å²) in [6.07, 6.45) is 0. The fourth-order valence-corrected chi connectivity index (χ4v) is 3.13. The molecule has 0 rings (SSSR count). The maximum Gasteiger partial charge on any atom is 0.484 e. The number of phosphoric acid groups is 2. The topological polar surface area (TPSA) is 80.3 Å². The van der Waals surface area contributed by atoms with Crippen molar-refractivity contribution in [1.29, 1.82) is 0 Å². The van der Waals surface area contributed by atoms with Crippen molar-refractivity contribution >= 4 is 27.2 Å². The van der Waals surface area contributed by atoms with Crippen LogP contribution in [0.5, 0.6) is 0 Å². The minimum absolute atomic E-state index is 0.446. The maximum atomic E-state index is 11.4. The summed E-state index contributed by atoms with van der Waals surface area (Å²) in [4.78, 5) is 0. The molecular formula is C4H11ClO7P2. The summed E-state index contributed by atoms with van der Waals surface area (Å²) >= 11 is 5.15. The minimum Gasteiger partial charge on any atom is -0.290 e. The molecule has 7 nitrogen and oxygen atoms in total. The Morgan fingerprint density at radius 3 is 1.71 bits per heavy atom. The molecule has 0 aliphatic carbocycles. The van der Waals surface area contributed by atoms with Crippen molar-refractivity contribution in [3.05, 3.63) is 0 Å². The summed E-state index contributed by atoms with van der Waals surface area (Å²) in [6.45, 7) is 0. The first kappa shape index (κ1) is 14.6. The molecule has 0 amide bonds. The van der Waals surface area contributed by atoms with Gasteiger partial charge in [-0.25, -0.2) is 9.13 Å². The molecule has 0 aromatic carbocycles. The number of halogens is 1. The second-order valence-electron chi connectivity index (χ2n) is 1.76. The second kappa shape index (κ2) is 6.20. The van der Waals surface area contributed by atoms with Gasteiger partial charge in [-0.05, 0) is 0 Å². The van der Waals surface area contributed by atoms with E-state index < -0.39 is 21.7 Å². The molecular weight excluding hydrogens is 257 g/mol. The van der Waals surface area contributed by atoms with Gasteiger partial charge in [0.1, 0.15) is 6.07 Å². The SMILES string of the molecule is COP(=O)(OC)OP(=O)(OC)OCCl. The first-order valence-electron chi connectivity index (χ1n) is 3.24. The normalized spacial score (nSPS) is 16.6. The zero-order chi connectivity index (χ0) is 11.2. The van der Waals surface area contributed by atoms with Crippen LogP contribution in [0.2, 0.25) is 0 Å². The van der Waals surface area contributed by atoms with Gasteiger partial charge in [-0.1, -0.05) is 11.6 Å². The van der Waals surface area contributed by atoms with Gasteiger partial charge in [0, 0.05) is 21.3 Å². The maximum absolute atomic E-state index is 11.4. The summed E-state index contributed by atoms with van der Waals surface area (Å²) in [5, 5.41) is 0. The largest absolute Gasteiger partial charge is 0.484 e. The van der Waals surface area contributed by atoms with E-state index in [1.165, 1.54) is 0 Å². The van der Waals surface area contributed by atoms with Crippen LogP contribution >= 0.6 is 27.2 Å². The number of hydrogen-bond donors (Lipinski definition) is 0. The molecule has 0 fully saturated rings. The molecule has 0 heterocycles. The molecule has 0 aromatic rings. The van der Waals surface area contributed by atoms with Gasteiger partial charge in [0.15, 0.2) is 0 Å². The lowest BCUT2D eigenvalue weighted by Gasteiger charge is -2.18. The van der Waals surface area contributed by atoms with Crippen molar-refractivity contribution in [1.82, 2.24) is 0 Å². The molecule has 0 aliphatic heterocycles. The molecule has 86 valence electrons. The third-order valence-electron chi connectivity index (χ3n) is 1.08. The van der Waals surface area contributed by atoms with Crippen molar-refractivity contribution in [2.45, 2.75) is 0 Å². The molecule has 1 unspecified atom stereocenters. The zero-order valence-electron chi connectivity index (χ0n) is 7.84. The van der Waals surface area contributed by atoms with E-state index in [0.717, 1.165) is 21.3 Å². The van der Waals surface area contributed by atoms with Crippen LogP contribution in [-0.2, 0) is 31.5 Å². The molecule has 0 aromatic heterocycles. The van der Waals surface area contributed by atoms with Gasteiger partial charge >= 0.3 is 15.6 Å². The molecule has 10 heteroatoms. The number of hydrogen-bond acceptors (Lipinski definition) is 7. The third kappa shape index (κ3) is 4.38. The highest BCUT2D eigenvalue weighted by molar-refractivity contribution is 7.62. The van der Waals surface area contributed by atoms with Crippen molar-refractivity contribution in [2.24, 2.45) is 0 Å². The lowest BCUT2D eigenvalue weighted by atomic mass is 11.7. The lowest BCUT2D eigenvalue weighted by Crippen LogP contribution is -1.98.